The predicted molar refractivity (Wildman–Crippen MR) is 78.0 cm³/mol. The van der Waals surface area contributed by atoms with Gasteiger partial charge in [0.1, 0.15) is 11.9 Å². The molecule has 118 valence electrons. The van der Waals surface area contributed by atoms with Gasteiger partial charge in [0.05, 0.1) is 10.8 Å². The Kier molecular flexibility index (Phi) is 6.12. The van der Waals surface area contributed by atoms with Crippen LogP contribution in [-0.2, 0) is 20.6 Å². The SMILES string of the molecule is CC(C)C[C@@H](NS(=O)(=O)Cc1ccc(F)c(Cl)c1)C(=O)O. The largest absolute Gasteiger partial charge is 0.480 e. The predicted octanol–water partition coefficient (Wildman–Crippen LogP) is 2.40. The number of nitrogens with one attached hydrogen (secondary N) is 1. The van der Waals surface area contributed by atoms with Crippen molar-refractivity contribution in [3.05, 3.63) is 34.6 Å². The Morgan fingerprint density at radius 2 is 2.05 bits per heavy atom. The zero-order valence-corrected chi connectivity index (χ0v) is 13.2. The third-order valence-electron chi connectivity index (χ3n) is 2.67. The van der Waals surface area contributed by atoms with Crippen LogP contribution in [0, 0.1) is 11.7 Å². The van der Waals surface area contributed by atoms with E-state index in [1.54, 1.807) is 13.8 Å². The molecule has 0 aliphatic heterocycles. The number of aliphatic carboxylic acids is 1. The number of halogens is 2. The van der Waals surface area contributed by atoms with Gasteiger partial charge in [0.15, 0.2) is 0 Å². The number of carbonyl (C=O) groups is 1. The van der Waals surface area contributed by atoms with Crippen molar-refractivity contribution in [3.8, 4) is 0 Å². The summed E-state index contributed by atoms with van der Waals surface area (Å²) in [6.45, 7) is 3.59. The molecule has 5 nitrogen and oxygen atoms in total. The Bertz CT molecular complexity index is 619. The van der Waals surface area contributed by atoms with E-state index < -0.39 is 33.6 Å². The van der Waals surface area contributed by atoms with Gasteiger partial charge in [0.25, 0.3) is 0 Å². The summed E-state index contributed by atoms with van der Waals surface area (Å²) in [5, 5.41) is 8.85. The molecule has 0 bridgehead atoms. The second kappa shape index (κ2) is 7.20. The maximum atomic E-state index is 13.0. The average Bonchev–Trinajstić information content (AvgIpc) is 2.31. The van der Waals surface area contributed by atoms with Gasteiger partial charge < -0.3 is 5.11 Å². The zero-order chi connectivity index (χ0) is 16.2. The van der Waals surface area contributed by atoms with Crippen LogP contribution >= 0.6 is 11.6 Å². The smallest absolute Gasteiger partial charge is 0.321 e. The monoisotopic (exact) mass is 337 g/mol. The highest BCUT2D eigenvalue weighted by molar-refractivity contribution is 7.88. The van der Waals surface area contributed by atoms with Crippen molar-refractivity contribution in [1.82, 2.24) is 4.72 Å². The topological polar surface area (TPSA) is 83.5 Å². The summed E-state index contributed by atoms with van der Waals surface area (Å²) in [5.41, 5.74) is 0.280. The molecule has 0 aliphatic carbocycles. The summed E-state index contributed by atoms with van der Waals surface area (Å²) in [7, 11) is -3.87. The van der Waals surface area contributed by atoms with Gasteiger partial charge in [-0.25, -0.2) is 17.5 Å². The number of rotatable bonds is 7. The number of carboxylic acid groups (broad SMARTS) is 1. The molecule has 0 heterocycles. The Morgan fingerprint density at radius 3 is 2.52 bits per heavy atom. The summed E-state index contributed by atoms with van der Waals surface area (Å²) in [6, 6.07) is 2.37. The maximum absolute atomic E-state index is 13.0. The van der Waals surface area contributed by atoms with Crippen LogP contribution in [0.25, 0.3) is 0 Å². The lowest BCUT2D eigenvalue weighted by atomic mass is 10.1. The van der Waals surface area contributed by atoms with Gasteiger partial charge in [-0.05, 0) is 30.0 Å². The molecule has 0 aliphatic rings. The molecule has 1 aromatic rings. The number of benzene rings is 1. The molecular weight excluding hydrogens is 321 g/mol. The van der Waals surface area contributed by atoms with E-state index in [9.17, 15) is 17.6 Å². The highest BCUT2D eigenvalue weighted by Gasteiger charge is 2.25. The van der Waals surface area contributed by atoms with E-state index in [0.29, 0.717) is 0 Å². The lowest BCUT2D eigenvalue weighted by molar-refractivity contribution is -0.139. The van der Waals surface area contributed by atoms with Gasteiger partial charge in [0.2, 0.25) is 10.0 Å². The van der Waals surface area contributed by atoms with Crippen molar-refractivity contribution >= 4 is 27.6 Å². The molecule has 1 atom stereocenters. The number of hydrogen-bond donors (Lipinski definition) is 2. The second-order valence-corrected chi connectivity index (χ2v) is 7.31. The molecule has 0 saturated heterocycles. The number of carboxylic acids is 1. The van der Waals surface area contributed by atoms with Crippen LogP contribution in [0.3, 0.4) is 0 Å². The number of hydrogen-bond acceptors (Lipinski definition) is 3. The fraction of sp³-hybridized carbons (Fsp3) is 0.462. The van der Waals surface area contributed by atoms with Crippen LogP contribution in [-0.4, -0.2) is 25.5 Å². The summed E-state index contributed by atoms with van der Waals surface area (Å²) < 4.78 is 39.1. The first-order chi connectivity index (χ1) is 9.60. The Labute approximate surface area is 128 Å². The minimum Gasteiger partial charge on any atom is -0.480 e. The van der Waals surface area contributed by atoms with Crippen molar-refractivity contribution in [1.29, 1.82) is 0 Å². The summed E-state index contributed by atoms with van der Waals surface area (Å²) in [4.78, 5) is 11.1. The van der Waals surface area contributed by atoms with Gasteiger partial charge in [-0.1, -0.05) is 31.5 Å². The third-order valence-corrected chi connectivity index (χ3v) is 4.31. The van der Waals surface area contributed by atoms with Crippen molar-refractivity contribution < 1.29 is 22.7 Å². The summed E-state index contributed by atoms with van der Waals surface area (Å²) in [6.07, 6.45) is 0.179. The molecule has 0 radical (unpaired) electrons. The van der Waals surface area contributed by atoms with Gasteiger partial charge in [-0.15, -0.1) is 0 Å². The van der Waals surface area contributed by atoms with Crippen LogP contribution in [0.5, 0.6) is 0 Å². The minimum atomic E-state index is -3.87. The van der Waals surface area contributed by atoms with Crippen LogP contribution in [0.1, 0.15) is 25.8 Å². The van der Waals surface area contributed by atoms with E-state index in [1.807, 2.05) is 0 Å². The number of sulfonamides is 1. The molecule has 21 heavy (non-hydrogen) atoms. The fourth-order valence-electron chi connectivity index (χ4n) is 1.78. The fourth-order valence-corrected chi connectivity index (χ4v) is 3.31. The van der Waals surface area contributed by atoms with Crippen LogP contribution in [0.4, 0.5) is 4.39 Å². The van der Waals surface area contributed by atoms with E-state index >= 15 is 0 Å². The van der Waals surface area contributed by atoms with E-state index in [0.717, 1.165) is 6.07 Å². The lowest BCUT2D eigenvalue weighted by Gasteiger charge is -2.16. The van der Waals surface area contributed by atoms with Crippen molar-refractivity contribution in [2.75, 3.05) is 0 Å². The van der Waals surface area contributed by atoms with Crippen molar-refractivity contribution in [3.63, 3.8) is 0 Å². The molecule has 0 amide bonds. The third kappa shape index (κ3) is 5.99. The molecular formula is C13H17ClFNO4S. The van der Waals surface area contributed by atoms with Gasteiger partial charge >= 0.3 is 5.97 Å². The molecule has 0 unspecified atom stereocenters. The Hall–Kier alpha value is -1.18. The van der Waals surface area contributed by atoms with Gasteiger partial charge in [0, 0.05) is 0 Å². The average molecular weight is 338 g/mol. The molecule has 2 N–H and O–H groups in total. The minimum absolute atomic E-state index is 0.0223. The molecule has 0 spiro atoms. The van der Waals surface area contributed by atoms with Crippen molar-refractivity contribution in [2.45, 2.75) is 32.1 Å². The van der Waals surface area contributed by atoms with Crippen molar-refractivity contribution in [2.24, 2.45) is 5.92 Å². The first-order valence-corrected chi connectivity index (χ1v) is 8.30. The van der Waals surface area contributed by atoms with Gasteiger partial charge in [-0.2, -0.15) is 0 Å². The normalized spacial score (nSPS) is 13.4. The first-order valence-electron chi connectivity index (χ1n) is 6.27. The van der Waals surface area contributed by atoms with E-state index in [2.05, 4.69) is 4.72 Å². The highest BCUT2D eigenvalue weighted by Crippen LogP contribution is 2.18. The molecule has 0 aromatic heterocycles. The Balaban J connectivity index is 2.84. The molecule has 1 aromatic carbocycles. The van der Waals surface area contributed by atoms with Gasteiger partial charge in [-0.3, -0.25) is 4.79 Å². The Morgan fingerprint density at radius 1 is 1.43 bits per heavy atom. The van der Waals surface area contributed by atoms with E-state index in [4.69, 9.17) is 16.7 Å². The summed E-state index contributed by atoms with van der Waals surface area (Å²) >= 11 is 5.58. The van der Waals surface area contributed by atoms with Crippen LogP contribution in [0.2, 0.25) is 5.02 Å². The maximum Gasteiger partial charge on any atom is 0.321 e. The molecule has 0 saturated carbocycles. The first kappa shape index (κ1) is 17.9. The quantitative estimate of drug-likeness (QED) is 0.800. The van der Waals surface area contributed by atoms with E-state index in [-0.39, 0.29) is 22.9 Å². The zero-order valence-electron chi connectivity index (χ0n) is 11.6. The summed E-state index contributed by atoms with van der Waals surface area (Å²) in [5.74, 6) is -2.32. The second-order valence-electron chi connectivity index (χ2n) is 5.15. The lowest BCUT2D eigenvalue weighted by Crippen LogP contribution is -2.42. The van der Waals surface area contributed by atoms with E-state index in [1.165, 1.54) is 12.1 Å². The van der Waals surface area contributed by atoms with Crippen LogP contribution < -0.4 is 4.72 Å². The van der Waals surface area contributed by atoms with Crippen LogP contribution in [0.15, 0.2) is 18.2 Å². The molecule has 1 rings (SSSR count). The molecule has 0 fully saturated rings. The standard InChI is InChI=1S/C13H17ClFNO4S/c1-8(2)5-12(13(17)18)16-21(19,20)7-9-3-4-11(15)10(14)6-9/h3-4,6,8,12,16H,5,7H2,1-2H3,(H,17,18)/t12-/m1/s1. The highest BCUT2D eigenvalue weighted by atomic mass is 35.5. The molecule has 8 heteroatoms.